The first kappa shape index (κ1) is 20.3. The first-order chi connectivity index (χ1) is 15.5. The van der Waals surface area contributed by atoms with Gasteiger partial charge < -0.3 is 10.6 Å². The number of nitrogens with one attached hydrogen (secondary N) is 2. The molecule has 3 heterocycles. The van der Waals surface area contributed by atoms with E-state index in [1.807, 2.05) is 34.7 Å². The van der Waals surface area contributed by atoms with Crippen LogP contribution in [0, 0.1) is 11.3 Å². The van der Waals surface area contributed by atoms with Gasteiger partial charge in [-0.3, -0.25) is 4.40 Å². The molecule has 4 aromatic rings. The molecule has 0 amide bonds. The van der Waals surface area contributed by atoms with E-state index in [9.17, 15) is 18.4 Å². The first-order valence-corrected chi connectivity index (χ1v) is 10.4. The Labute approximate surface area is 182 Å². The number of hydrogen-bond donors (Lipinski definition) is 2. The highest BCUT2D eigenvalue weighted by atomic mass is 19.4. The number of piperidine rings is 1. The summed E-state index contributed by atoms with van der Waals surface area (Å²) < 4.78 is 41.0. The van der Waals surface area contributed by atoms with Gasteiger partial charge in [0, 0.05) is 11.6 Å². The maximum atomic E-state index is 13.0. The van der Waals surface area contributed by atoms with Crippen LogP contribution in [0.15, 0.2) is 54.6 Å². The van der Waals surface area contributed by atoms with Gasteiger partial charge in [-0.15, -0.1) is 0 Å². The molecule has 2 N–H and O–H groups in total. The van der Waals surface area contributed by atoms with E-state index in [-0.39, 0.29) is 6.04 Å². The number of benzene rings is 2. The van der Waals surface area contributed by atoms with E-state index in [1.165, 1.54) is 12.1 Å². The highest BCUT2D eigenvalue weighted by molar-refractivity contribution is 5.89. The Morgan fingerprint density at radius 2 is 1.78 bits per heavy atom. The molecule has 0 aliphatic carbocycles. The zero-order valence-electron chi connectivity index (χ0n) is 17.1. The minimum absolute atomic E-state index is 0.244. The highest BCUT2D eigenvalue weighted by Crippen LogP contribution is 2.35. The summed E-state index contributed by atoms with van der Waals surface area (Å²) in [6.45, 7) is 1.82. The standard InChI is InChI=1S/C24H20F3N5/c25-24(26,27)16-7-5-15(6-8-16)18-13-22(30-17-9-11-29-12-10-17)32-21-4-2-1-3-20(21)31-23(32)19(18)14-28/h1-8,13,17,29-30H,9-12H2. The van der Waals surface area contributed by atoms with Gasteiger partial charge in [-0.05, 0) is 61.8 Å². The van der Waals surface area contributed by atoms with Crippen molar-refractivity contribution in [2.75, 3.05) is 18.4 Å². The number of pyridine rings is 1. The lowest BCUT2D eigenvalue weighted by atomic mass is 9.99. The van der Waals surface area contributed by atoms with Crippen LogP contribution in [-0.4, -0.2) is 28.5 Å². The van der Waals surface area contributed by atoms with E-state index < -0.39 is 11.7 Å². The SMILES string of the molecule is N#Cc1c(-c2ccc(C(F)(F)F)cc2)cc(NC2CCNCC2)n2c1nc1ccccc12. The molecule has 8 heteroatoms. The van der Waals surface area contributed by atoms with E-state index in [2.05, 4.69) is 16.7 Å². The third-order valence-corrected chi connectivity index (χ3v) is 5.90. The van der Waals surface area contributed by atoms with Crippen molar-refractivity contribution in [1.82, 2.24) is 14.7 Å². The van der Waals surface area contributed by atoms with Gasteiger partial charge in [0.2, 0.25) is 0 Å². The van der Waals surface area contributed by atoms with Crippen molar-refractivity contribution in [3.05, 3.63) is 65.7 Å². The van der Waals surface area contributed by atoms with Crippen LogP contribution < -0.4 is 10.6 Å². The lowest BCUT2D eigenvalue weighted by Gasteiger charge is -2.26. The molecule has 162 valence electrons. The zero-order chi connectivity index (χ0) is 22.3. The van der Waals surface area contributed by atoms with Crippen LogP contribution in [0.25, 0.3) is 27.8 Å². The summed E-state index contributed by atoms with van der Waals surface area (Å²) >= 11 is 0. The van der Waals surface area contributed by atoms with Crippen molar-refractivity contribution in [1.29, 1.82) is 5.26 Å². The number of anilines is 1. The molecule has 2 aromatic carbocycles. The highest BCUT2D eigenvalue weighted by Gasteiger charge is 2.30. The summed E-state index contributed by atoms with van der Waals surface area (Å²) in [7, 11) is 0. The van der Waals surface area contributed by atoms with Crippen LogP contribution in [-0.2, 0) is 6.18 Å². The molecule has 0 radical (unpaired) electrons. The summed E-state index contributed by atoms with van der Waals surface area (Å²) in [6, 6.07) is 16.9. The number of aromatic nitrogens is 2. The van der Waals surface area contributed by atoms with E-state index in [4.69, 9.17) is 4.98 Å². The second-order valence-electron chi connectivity index (χ2n) is 7.93. The molecule has 2 aromatic heterocycles. The average Bonchev–Trinajstić information content (AvgIpc) is 3.19. The molecule has 1 saturated heterocycles. The van der Waals surface area contributed by atoms with Crippen molar-refractivity contribution in [3.8, 4) is 17.2 Å². The number of rotatable bonds is 3. The van der Waals surface area contributed by atoms with Gasteiger partial charge in [-0.25, -0.2) is 4.98 Å². The summed E-state index contributed by atoms with van der Waals surface area (Å²) in [4.78, 5) is 4.69. The van der Waals surface area contributed by atoms with Gasteiger partial charge in [0.25, 0.3) is 0 Å². The number of alkyl halides is 3. The van der Waals surface area contributed by atoms with Crippen LogP contribution in [0.4, 0.5) is 19.0 Å². The van der Waals surface area contributed by atoms with E-state index in [1.54, 1.807) is 0 Å². The van der Waals surface area contributed by atoms with E-state index >= 15 is 0 Å². The van der Waals surface area contributed by atoms with Crippen molar-refractivity contribution >= 4 is 22.5 Å². The third-order valence-electron chi connectivity index (χ3n) is 5.90. The molecule has 1 aliphatic rings. The van der Waals surface area contributed by atoms with Crippen molar-refractivity contribution in [2.45, 2.75) is 25.1 Å². The maximum Gasteiger partial charge on any atom is 0.416 e. The fourth-order valence-corrected chi connectivity index (χ4v) is 4.29. The minimum atomic E-state index is -4.41. The Bertz CT molecular complexity index is 1330. The fraction of sp³-hybridized carbons (Fsp3) is 0.250. The van der Waals surface area contributed by atoms with E-state index in [0.717, 1.165) is 54.9 Å². The molecule has 0 atom stereocenters. The van der Waals surface area contributed by atoms with Crippen molar-refractivity contribution < 1.29 is 13.2 Å². The van der Waals surface area contributed by atoms with Crippen LogP contribution in [0.2, 0.25) is 0 Å². The molecule has 0 bridgehead atoms. The minimum Gasteiger partial charge on any atom is -0.368 e. The monoisotopic (exact) mass is 435 g/mol. The number of halogens is 3. The summed E-state index contributed by atoms with van der Waals surface area (Å²) in [5.74, 6) is 0.773. The lowest BCUT2D eigenvalue weighted by molar-refractivity contribution is -0.137. The smallest absolute Gasteiger partial charge is 0.368 e. The molecule has 5 rings (SSSR count). The lowest BCUT2D eigenvalue weighted by Crippen LogP contribution is -2.35. The van der Waals surface area contributed by atoms with Crippen LogP contribution in [0.3, 0.4) is 0 Å². The molecular formula is C24H20F3N5. The Morgan fingerprint density at radius 3 is 2.47 bits per heavy atom. The molecule has 0 spiro atoms. The fourth-order valence-electron chi connectivity index (χ4n) is 4.29. The molecule has 0 saturated carbocycles. The van der Waals surface area contributed by atoms with Gasteiger partial charge in [-0.2, -0.15) is 18.4 Å². The molecule has 1 aliphatic heterocycles. The third kappa shape index (κ3) is 3.55. The molecule has 0 unspecified atom stereocenters. The Balaban J connectivity index is 1.72. The number of hydrogen-bond acceptors (Lipinski definition) is 4. The normalized spacial score (nSPS) is 15.2. The number of nitrogens with zero attached hydrogens (tertiary/aromatic N) is 3. The number of imidazole rings is 1. The zero-order valence-corrected chi connectivity index (χ0v) is 17.1. The Morgan fingerprint density at radius 1 is 1.06 bits per heavy atom. The Hall–Kier alpha value is -3.57. The van der Waals surface area contributed by atoms with Gasteiger partial charge >= 0.3 is 6.18 Å². The molecule has 32 heavy (non-hydrogen) atoms. The van der Waals surface area contributed by atoms with Crippen LogP contribution in [0.1, 0.15) is 24.0 Å². The van der Waals surface area contributed by atoms with Gasteiger partial charge in [0.15, 0.2) is 5.65 Å². The van der Waals surface area contributed by atoms with Gasteiger partial charge in [-0.1, -0.05) is 24.3 Å². The molecular weight excluding hydrogens is 415 g/mol. The van der Waals surface area contributed by atoms with Crippen LogP contribution >= 0.6 is 0 Å². The summed E-state index contributed by atoms with van der Waals surface area (Å²) in [5, 5.41) is 16.9. The summed E-state index contributed by atoms with van der Waals surface area (Å²) in [5.41, 5.74) is 2.81. The van der Waals surface area contributed by atoms with Gasteiger partial charge in [0.1, 0.15) is 17.5 Å². The predicted octanol–water partition coefficient (Wildman–Crippen LogP) is 5.21. The largest absolute Gasteiger partial charge is 0.416 e. The van der Waals surface area contributed by atoms with Crippen molar-refractivity contribution in [3.63, 3.8) is 0 Å². The Kier molecular flexibility index (Phi) is 4.98. The second kappa shape index (κ2) is 7.84. The van der Waals surface area contributed by atoms with Crippen LogP contribution in [0.5, 0.6) is 0 Å². The quantitative estimate of drug-likeness (QED) is 0.464. The number of fused-ring (bicyclic) bond motifs is 3. The second-order valence-corrected chi connectivity index (χ2v) is 7.93. The number of nitriles is 1. The van der Waals surface area contributed by atoms with E-state index in [0.29, 0.717) is 22.3 Å². The molecule has 5 nitrogen and oxygen atoms in total. The van der Waals surface area contributed by atoms with Crippen molar-refractivity contribution in [2.24, 2.45) is 0 Å². The summed E-state index contributed by atoms with van der Waals surface area (Å²) in [6.07, 6.45) is -2.52. The topological polar surface area (TPSA) is 65.2 Å². The predicted molar refractivity (Wildman–Crippen MR) is 117 cm³/mol. The maximum absolute atomic E-state index is 13.0. The van der Waals surface area contributed by atoms with Gasteiger partial charge in [0.05, 0.1) is 16.6 Å². The average molecular weight is 435 g/mol. The first-order valence-electron chi connectivity index (χ1n) is 10.4. The molecule has 1 fully saturated rings. The number of para-hydroxylation sites is 2.